The molecule has 2 rings (SSSR count). The molecular weight excluding hydrogens is 471 g/mol. The lowest BCUT2D eigenvalue weighted by molar-refractivity contribution is -0.154. The van der Waals surface area contributed by atoms with E-state index >= 15 is 0 Å². The van der Waals surface area contributed by atoms with E-state index in [-0.39, 0.29) is 36.6 Å². The summed E-state index contributed by atoms with van der Waals surface area (Å²) in [5.74, 6) is -2.22. The highest BCUT2D eigenvalue weighted by molar-refractivity contribution is 7.92. The van der Waals surface area contributed by atoms with E-state index in [2.05, 4.69) is 16.1 Å². The number of carbonyl (C=O) groups is 2. The standard InChI is InChI=1S/C26H35FN2O5S/c1-17-8-7-9-19(12-17)13-20(16-34-25(31)26(3,4)5)15-28-24(30)18(2)21-10-11-23(22(27)14-21)29-35(6,32)33/h7-12,14,18,20,29H,13,15-16H2,1-6H3,(H,28,30)/t18-,20?/m0/s1. The molecule has 0 saturated carbocycles. The highest BCUT2D eigenvalue weighted by Gasteiger charge is 2.25. The zero-order valence-corrected chi connectivity index (χ0v) is 22.0. The molecule has 35 heavy (non-hydrogen) atoms. The Morgan fingerprint density at radius 1 is 1.11 bits per heavy atom. The van der Waals surface area contributed by atoms with Crippen molar-refractivity contribution in [2.45, 2.75) is 47.0 Å². The summed E-state index contributed by atoms with van der Waals surface area (Å²) >= 11 is 0. The lowest BCUT2D eigenvalue weighted by Crippen LogP contribution is -2.36. The number of halogens is 1. The third-order valence-corrected chi connectivity index (χ3v) is 6.01. The van der Waals surface area contributed by atoms with Gasteiger partial charge in [-0.05, 0) is 64.3 Å². The van der Waals surface area contributed by atoms with Gasteiger partial charge in [0.25, 0.3) is 0 Å². The molecule has 0 radical (unpaired) electrons. The number of sulfonamides is 1. The Kier molecular flexibility index (Phi) is 9.43. The molecule has 2 atom stereocenters. The van der Waals surface area contributed by atoms with Gasteiger partial charge in [-0.15, -0.1) is 0 Å². The summed E-state index contributed by atoms with van der Waals surface area (Å²) in [6, 6.07) is 12.0. The van der Waals surface area contributed by atoms with Crippen LogP contribution in [0.2, 0.25) is 0 Å². The normalized spacial score (nSPS) is 13.6. The summed E-state index contributed by atoms with van der Waals surface area (Å²) in [6.45, 7) is 9.41. The van der Waals surface area contributed by atoms with Crippen molar-refractivity contribution in [3.63, 3.8) is 0 Å². The Bertz CT molecular complexity index is 1160. The molecule has 0 aromatic heterocycles. The zero-order chi connectivity index (χ0) is 26.4. The second-order valence-electron chi connectivity index (χ2n) is 9.99. The summed E-state index contributed by atoms with van der Waals surface area (Å²) in [7, 11) is -3.62. The lowest BCUT2D eigenvalue weighted by Gasteiger charge is -2.22. The van der Waals surface area contributed by atoms with Crippen LogP contribution in [-0.2, 0) is 30.8 Å². The minimum atomic E-state index is -3.62. The highest BCUT2D eigenvalue weighted by atomic mass is 32.2. The molecule has 0 bridgehead atoms. The van der Waals surface area contributed by atoms with Crippen molar-refractivity contribution in [2.75, 3.05) is 24.1 Å². The predicted octanol–water partition coefficient (Wildman–Crippen LogP) is 4.17. The molecule has 192 valence electrons. The molecule has 0 heterocycles. The van der Waals surface area contributed by atoms with Crippen molar-refractivity contribution < 1.29 is 27.1 Å². The molecule has 2 aromatic rings. The van der Waals surface area contributed by atoms with Gasteiger partial charge in [0.2, 0.25) is 15.9 Å². The number of ether oxygens (including phenoxy) is 1. The smallest absolute Gasteiger partial charge is 0.311 e. The Morgan fingerprint density at radius 3 is 2.37 bits per heavy atom. The molecule has 7 nitrogen and oxygen atoms in total. The summed E-state index contributed by atoms with van der Waals surface area (Å²) in [4.78, 5) is 25.1. The Hall–Kier alpha value is -2.94. The number of carbonyl (C=O) groups excluding carboxylic acids is 2. The minimum Gasteiger partial charge on any atom is -0.465 e. The van der Waals surface area contributed by atoms with Gasteiger partial charge in [-0.2, -0.15) is 0 Å². The van der Waals surface area contributed by atoms with Crippen LogP contribution in [0, 0.1) is 24.1 Å². The van der Waals surface area contributed by atoms with Crippen LogP contribution in [0.5, 0.6) is 0 Å². The van der Waals surface area contributed by atoms with Crippen LogP contribution in [0.25, 0.3) is 0 Å². The van der Waals surface area contributed by atoms with E-state index < -0.39 is 27.2 Å². The fourth-order valence-electron chi connectivity index (χ4n) is 3.41. The van der Waals surface area contributed by atoms with Gasteiger partial charge in [0.1, 0.15) is 5.82 Å². The number of anilines is 1. The molecule has 0 fully saturated rings. The molecule has 0 saturated heterocycles. The number of nitrogens with one attached hydrogen (secondary N) is 2. The lowest BCUT2D eigenvalue weighted by atomic mass is 9.96. The SMILES string of the molecule is Cc1cccc(CC(CNC(=O)[C@@H](C)c2ccc(NS(C)(=O)=O)c(F)c2)COC(=O)C(C)(C)C)c1. The van der Waals surface area contributed by atoms with Crippen LogP contribution in [0.3, 0.4) is 0 Å². The van der Waals surface area contributed by atoms with E-state index in [1.165, 1.54) is 12.1 Å². The molecule has 0 spiro atoms. The first-order valence-corrected chi connectivity index (χ1v) is 13.3. The number of hydrogen-bond acceptors (Lipinski definition) is 5. The second kappa shape index (κ2) is 11.7. The molecule has 0 aliphatic heterocycles. The van der Waals surface area contributed by atoms with Crippen molar-refractivity contribution in [3.8, 4) is 0 Å². The monoisotopic (exact) mass is 506 g/mol. The van der Waals surface area contributed by atoms with Gasteiger partial charge < -0.3 is 10.1 Å². The minimum absolute atomic E-state index is 0.152. The maximum absolute atomic E-state index is 14.4. The van der Waals surface area contributed by atoms with E-state index in [1.807, 2.05) is 25.1 Å². The fourth-order valence-corrected chi connectivity index (χ4v) is 3.97. The van der Waals surface area contributed by atoms with Gasteiger partial charge in [0, 0.05) is 12.5 Å². The fraction of sp³-hybridized carbons (Fsp3) is 0.462. The number of benzene rings is 2. The maximum Gasteiger partial charge on any atom is 0.311 e. The van der Waals surface area contributed by atoms with E-state index in [4.69, 9.17) is 4.74 Å². The molecule has 0 aliphatic carbocycles. The van der Waals surface area contributed by atoms with Crippen molar-refractivity contribution >= 4 is 27.6 Å². The quantitative estimate of drug-likeness (QED) is 0.471. The van der Waals surface area contributed by atoms with E-state index in [9.17, 15) is 22.4 Å². The van der Waals surface area contributed by atoms with Crippen LogP contribution in [-0.4, -0.2) is 39.7 Å². The molecule has 0 aliphatic rings. The molecule has 2 N–H and O–H groups in total. The zero-order valence-electron chi connectivity index (χ0n) is 21.1. The highest BCUT2D eigenvalue weighted by Crippen LogP contribution is 2.23. The van der Waals surface area contributed by atoms with Gasteiger partial charge in [-0.25, -0.2) is 12.8 Å². The van der Waals surface area contributed by atoms with Gasteiger partial charge in [-0.1, -0.05) is 35.9 Å². The summed E-state index contributed by atoms with van der Waals surface area (Å²) in [5.41, 5.74) is 1.78. The summed E-state index contributed by atoms with van der Waals surface area (Å²) < 4.78 is 44.7. The molecule has 1 unspecified atom stereocenters. The van der Waals surface area contributed by atoms with Gasteiger partial charge >= 0.3 is 5.97 Å². The second-order valence-corrected chi connectivity index (χ2v) is 11.7. The topological polar surface area (TPSA) is 102 Å². The van der Waals surface area contributed by atoms with Crippen LogP contribution in [0.15, 0.2) is 42.5 Å². The van der Waals surface area contributed by atoms with E-state index in [0.29, 0.717) is 12.0 Å². The van der Waals surface area contributed by atoms with Crippen molar-refractivity contribution in [2.24, 2.45) is 11.3 Å². The summed E-state index contributed by atoms with van der Waals surface area (Å²) in [6.07, 6.45) is 1.54. The Balaban J connectivity index is 2.08. The number of hydrogen-bond donors (Lipinski definition) is 2. The number of aryl methyl sites for hydroxylation is 1. The summed E-state index contributed by atoms with van der Waals surface area (Å²) in [5, 5.41) is 2.89. The van der Waals surface area contributed by atoms with Gasteiger partial charge in [-0.3, -0.25) is 14.3 Å². The van der Waals surface area contributed by atoms with Crippen LogP contribution < -0.4 is 10.0 Å². The third-order valence-electron chi connectivity index (χ3n) is 5.42. The van der Waals surface area contributed by atoms with Gasteiger partial charge in [0.05, 0.1) is 29.9 Å². The Labute approximate surface area is 207 Å². The first-order chi connectivity index (χ1) is 16.2. The van der Waals surface area contributed by atoms with Crippen molar-refractivity contribution in [3.05, 3.63) is 65.0 Å². The average Bonchev–Trinajstić information content (AvgIpc) is 2.74. The van der Waals surface area contributed by atoms with Crippen LogP contribution in [0.4, 0.5) is 10.1 Å². The van der Waals surface area contributed by atoms with Crippen molar-refractivity contribution in [1.29, 1.82) is 0 Å². The third kappa shape index (κ3) is 9.32. The van der Waals surface area contributed by atoms with Crippen LogP contribution in [0.1, 0.15) is 50.3 Å². The number of amides is 1. The van der Waals surface area contributed by atoms with Crippen LogP contribution >= 0.6 is 0 Å². The first-order valence-electron chi connectivity index (χ1n) is 11.4. The number of rotatable bonds is 10. The van der Waals surface area contributed by atoms with Crippen molar-refractivity contribution in [1.82, 2.24) is 5.32 Å². The molecular formula is C26H35FN2O5S. The molecule has 1 amide bonds. The van der Waals surface area contributed by atoms with E-state index in [0.717, 1.165) is 23.4 Å². The predicted molar refractivity (Wildman–Crippen MR) is 135 cm³/mol. The number of esters is 1. The molecule has 2 aromatic carbocycles. The first kappa shape index (κ1) is 28.3. The maximum atomic E-state index is 14.4. The largest absolute Gasteiger partial charge is 0.465 e. The Morgan fingerprint density at radius 2 is 1.80 bits per heavy atom. The average molecular weight is 507 g/mol. The molecule has 9 heteroatoms. The van der Waals surface area contributed by atoms with E-state index in [1.54, 1.807) is 27.7 Å². The van der Waals surface area contributed by atoms with Gasteiger partial charge in [0.15, 0.2) is 0 Å².